The van der Waals surface area contributed by atoms with Crippen molar-refractivity contribution in [2.24, 2.45) is 7.05 Å². The summed E-state index contributed by atoms with van der Waals surface area (Å²) in [7, 11) is 1.66. The Labute approximate surface area is 103 Å². The topological polar surface area (TPSA) is 59.8 Å². The number of carbonyl (C=O) groups excluding carboxylic acids is 1. The van der Waals surface area contributed by atoms with E-state index in [2.05, 4.69) is 15.4 Å². The molecule has 2 rings (SSSR count). The molecule has 17 heavy (non-hydrogen) atoms. The van der Waals surface area contributed by atoms with Crippen molar-refractivity contribution in [1.29, 1.82) is 0 Å². The Balaban J connectivity index is 2.23. The van der Waals surface area contributed by atoms with Gasteiger partial charge in [-0.25, -0.2) is 4.98 Å². The highest BCUT2D eigenvalue weighted by Gasteiger charge is 2.15. The van der Waals surface area contributed by atoms with E-state index in [4.69, 9.17) is 11.6 Å². The molecule has 2 aromatic heterocycles. The van der Waals surface area contributed by atoms with E-state index in [0.29, 0.717) is 16.5 Å². The van der Waals surface area contributed by atoms with Crippen molar-refractivity contribution in [2.75, 3.05) is 5.32 Å². The van der Waals surface area contributed by atoms with Crippen LogP contribution in [0.1, 0.15) is 16.2 Å². The first-order valence-electron chi connectivity index (χ1n) is 5.00. The van der Waals surface area contributed by atoms with Gasteiger partial charge >= 0.3 is 0 Å². The van der Waals surface area contributed by atoms with E-state index in [1.807, 2.05) is 19.1 Å². The Hall–Kier alpha value is -1.88. The molecule has 88 valence electrons. The maximum Gasteiger partial charge on any atom is 0.276 e. The fourth-order valence-electron chi connectivity index (χ4n) is 1.45. The van der Waals surface area contributed by atoms with Crippen LogP contribution in [-0.2, 0) is 7.05 Å². The molecule has 0 atom stereocenters. The molecule has 1 N–H and O–H groups in total. The van der Waals surface area contributed by atoms with E-state index in [9.17, 15) is 4.79 Å². The smallest absolute Gasteiger partial charge is 0.276 e. The average Bonchev–Trinajstić information content (AvgIpc) is 2.58. The summed E-state index contributed by atoms with van der Waals surface area (Å²) in [6, 6.07) is 5.39. The number of rotatable bonds is 2. The van der Waals surface area contributed by atoms with Crippen LogP contribution < -0.4 is 5.32 Å². The van der Waals surface area contributed by atoms with Gasteiger partial charge in [0, 0.05) is 12.7 Å². The maximum absolute atomic E-state index is 11.9. The summed E-state index contributed by atoms with van der Waals surface area (Å²) in [5.74, 6) is 0.167. The molecule has 0 unspecified atom stereocenters. The number of aryl methyl sites for hydroxylation is 2. The molecule has 2 aromatic rings. The molecule has 0 aromatic carbocycles. The van der Waals surface area contributed by atoms with Crippen LogP contribution in [0.5, 0.6) is 0 Å². The highest BCUT2D eigenvalue weighted by atomic mass is 35.5. The molecule has 0 spiro atoms. The van der Waals surface area contributed by atoms with Gasteiger partial charge in [-0.05, 0) is 19.1 Å². The first-order valence-corrected chi connectivity index (χ1v) is 5.38. The van der Waals surface area contributed by atoms with Crippen molar-refractivity contribution < 1.29 is 4.79 Å². The fourth-order valence-corrected chi connectivity index (χ4v) is 1.71. The van der Waals surface area contributed by atoms with E-state index >= 15 is 0 Å². The molecule has 2 heterocycles. The van der Waals surface area contributed by atoms with Gasteiger partial charge in [-0.15, -0.1) is 0 Å². The van der Waals surface area contributed by atoms with E-state index in [0.717, 1.165) is 5.69 Å². The molecule has 0 fully saturated rings. The minimum atomic E-state index is -0.326. The lowest BCUT2D eigenvalue weighted by Crippen LogP contribution is -2.17. The average molecular weight is 251 g/mol. The Morgan fingerprint density at radius 1 is 1.47 bits per heavy atom. The van der Waals surface area contributed by atoms with Crippen molar-refractivity contribution in [3.8, 4) is 0 Å². The van der Waals surface area contributed by atoms with Crippen molar-refractivity contribution >= 4 is 23.3 Å². The molecule has 0 bridgehead atoms. The summed E-state index contributed by atoms with van der Waals surface area (Å²) in [5, 5.41) is 6.89. The fraction of sp³-hybridized carbons (Fsp3) is 0.182. The zero-order valence-electron chi connectivity index (χ0n) is 9.44. The number of nitrogens with one attached hydrogen (secondary N) is 1. The Kier molecular flexibility index (Phi) is 3.10. The van der Waals surface area contributed by atoms with Crippen molar-refractivity contribution in [2.45, 2.75) is 6.92 Å². The third-order valence-corrected chi connectivity index (χ3v) is 2.52. The number of pyridine rings is 1. The summed E-state index contributed by atoms with van der Waals surface area (Å²) < 4.78 is 1.42. The summed E-state index contributed by atoms with van der Waals surface area (Å²) in [4.78, 5) is 16.1. The number of halogens is 1. The number of nitrogens with zero attached hydrogens (tertiary/aromatic N) is 3. The van der Waals surface area contributed by atoms with Crippen molar-refractivity contribution in [1.82, 2.24) is 14.8 Å². The monoisotopic (exact) mass is 250 g/mol. The predicted molar refractivity (Wildman–Crippen MR) is 65.1 cm³/mol. The SMILES string of the molecule is Cc1cccc(NC(=O)c2c(Cl)cnn2C)n1. The highest BCUT2D eigenvalue weighted by Crippen LogP contribution is 2.15. The summed E-state index contributed by atoms with van der Waals surface area (Å²) >= 11 is 5.87. The van der Waals surface area contributed by atoms with Gasteiger partial charge in [0.05, 0.1) is 11.2 Å². The minimum Gasteiger partial charge on any atom is -0.305 e. The van der Waals surface area contributed by atoms with E-state index in [-0.39, 0.29) is 5.91 Å². The molecule has 0 aliphatic carbocycles. The number of hydrogen-bond acceptors (Lipinski definition) is 3. The van der Waals surface area contributed by atoms with Gasteiger partial charge in [0.15, 0.2) is 0 Å². The molecule has 6 heteroatoms. The zero-order chi connectivity index (χ0) is 12.4. The van der Waals surface area contributed by atoms with E-state index in [1.54, 1.807) is 13.1 Å². The van der Waals surface area contributed by atoms with Crippen LogP contribution in [0.3, 0.4) is 0 Å². The van der Waals surface area contributed by atoms with Crippen LogP contribution in [0, 0.1) is 6.92 Å². The minimum absolute atomic E-state index is 0.315. The van der Waals surface area contributed by atoms with Crippen molar-refractivity contribution in [3.63, 3.8) is 0 Å². The van der Waals surface area contributed by atoms with E-state index in [1.165, 1.54) is 10.9 Å². The molecule has 0 saturated heterocycles. The van der Waals surface area contributed by atoms with Crippen LogP contribution in [0.2, 0.25) is 5.02 Å². The lowest BCUT2D eigenvalue weighted by molar-refractivity contribution is 0.101. The summed E-state index contributed by atoms with van der Waals surface area (Å²) in [6.45, 7) is 1.85. The van der Waals surface area contributed by atoms with Gasteiger partial charge in [-0.2, -0.15) is 5.10 Å². The normalized spacial score (nSPS) is 10.3. The first-order chi connectivity index (χ1) is 8.08. The standard InChI is InChI=1S/C11H11ClN4O/c1-7-4-3-5-9(14-7)15-11(17)10-8(12)6-13-16(10)2/h3-6H,1-2H3,(H,14,15,17). The van der Waals surface area contributed by atoms with Crippen LogP contribution >= 0.6 is 11.6 Å². The lowest BCUT2D eigenvalue weighted by atomic mass is 10.3. The number of carbonyl (C=O) groups is 1. The van der Waals surface area contributed by atoms with Crippen molar-refractivity contribution in [3.05, 3.63) is 40.8 Å². The molecule has 1 amide bonds. The summed E-state index contributed by atoms with van der Waals surface area (Å²) in [5.41, 5.74) is 1.15. The number of hydrogen-bond donors (Lipinski definition) is 1. The second-order valence-electron chi connectivity index (χ2n) is 3.58. The number of amides is 1. The largest absolute Gasteiger partial charge is 0.305 e. The van der Waals surface area contributed by atoms with Crippen LogP contribution in [0.15, 0.2) is 24.4 Å². The van der Waals surface area contributed by atoms with Gasteiger partial charge in [0.2, 0.25) is 0 Å². The third kappa shape index (κ3) is 2.45. The van der Waals surface area contributed by atoms with Gasteiger partial charge in [-0.3, -0.25) is 9.48 Å². The molecule has 0 radical (unpaired) electrons. The second kappa shape index (κ2) is 4.55. The molecule has 5 nitrogen and oxygen atoms in total. The Bertz CT molecular complexity index is 545. The third-order valence-electron chi connectivity index (χ3n) is 2.24. The molecule has 0 saturated carbocycles. The number of aromatic nitrogens is 3. The maximum atomic E-state index is 11.9. The lowest BCUT2D eigenvalue weighted by Gasteiger charge is -2.05. The Morgan fingerprint density at radius 2 is 2.24 bits per heavy atom. The predicted octanol–water partition coefficient (Wildman–Crippen LogP) is 2.03. The van der Waals surface area contributed by atoms with Crippen LogP contribution in [0.25, 0.3) is 0 Å². The second-order valence-corrected chi connectivity index (χ2v) is 3.99. The van der Waals surface area contributed by atoms with Gasteiger partial charge in [-0.1, -0.05) is 17.7 Å². The zero-order valence-corrected chi connectivity index (χ0v) is 10.2. The summed E-state index contributed by atoms with van der Waals surface area (Å²) in [6.07, 6.45) is 1.43. The van der Waals surface area contributed by atoms with E-state index < -0.39 is 0 Å². The Morgan fingerprint density at radius 3 is 2.82 bits per heavy atom. The van der Waals surface area contributed by atoms with Gasteiger partial charge < -0.3 is 5.32 Å². The van der Waals surface area contributed by atoms with Gasteiger partial charge in [0.1, 0.15) is 11.5 Å². The molecule has 0 aliphatic rings. The molecular weight excluding hydrogens is 240 g/mol. The van der Waals surface area contributed by atoms with Crippen LogP contribution in [0.4, 0.5) is 5.82 Å². The quantitative estimate of drug-likeness (QED) is 0.887. The molecule has 0 aliphatic heterocycles. The molecular formula is C11H11ClN4O. The van der Waals surface area contributed by atoms with Gasteiger partial charge in [0.25, 0.3) is 5.91 Å². The number of anilines is 1. The highest BCUT2D eigenvalue weighted by molar-refractivity contribution is 6.34. The first kappa shape index (κ1) is 11.6. The van der Waals surface area contributed by atoms with Crippen LogP contribution in [-0.4, -0.2) is 20.7 Å².